The third kappa shape index (κ3) is 5.65. The number of hydrogen-bond acceptors (Lipinski definition) is 5. The zero-order valence-corrected chi connectivity index (χ0v) is 17.5. The number of phenols is 1. The number of carbonyl (C=O) groups is 1. The number of hydrogen-bond donors (Lipinski definition) is 3. The number of anilines is 2. The Labute approximate surface area is 179 Å². The van der Waals surface area contributed by atoms with E-state index in [2.05, 4.69) is 10.0 Å². The SMILES string of the molecule is Cc1cccc(OCC(=O)Nc2cc(S(=O)(=O)Nc3cccc(Cl)c3)ccc2O)c1. The summed E-state index contributed by atoms with van der Waals surface area (Å²) in [4.78, 5) is 12.0. The van der Waals surface area contributed by atoms with Crippen LogP contribution in [0.3, 0.4) is 0 Å². The van der Waals surface area contributed by atoms with Crippen LogP contribution in [0, 0.1) is 6.92 Å². The largest absolute Gasteiger partial charge is 0.506 e. The molecule has 0 spiro atoms. The van der Waals surface area contributed by atoms with Crippen molar-refractivity contribution in [2.75, 3.05) is 16.6 Å². The maximum absolute atomic E-state index is 12.6. The monoisotopic (exact) mass is 446 g/mol. The smallest absolute Gasteiger partial charge is 0.262 e. The van der Waals surface area contributed by atoms with Crippen LogP contribution in [0.4, 0.5) is 11.4 Å². The first kappa shape index (κ1) is 21.5. The molecule has 0 atom stereocenters. The highest BCUT2D eigenvalue weighted by atomic mass is 35.5. The number of phenolic OH excluding ortho intramolecular Hbond substituents is 1. The third-order valence-electron chi connectivity index (χ3n) is 3.99. The van der Waals surface area contributed by atoms with E-state index >= 15 is 0 Å². The molecule has 0 aliphatic heterocycles. The second kappa shape index (κ2) is 9.06. The summed E-state index contributed by atoms with van der Waals surface area (Å²) in [7, 11) is -3.97. The molecule has 9 heteroatoms. The van der Waals surface area contributed by atoms with Crippen LogP contribution in [0.2, 0.25) is 5.02 Å². The fourth-order valence-corrected chi connectivity index (χ4v) is 3.85. The number of ether oxygens (including phenoxy) is 1. The van der Waals surface area contributed by atoms with Gasteiger partial charge in [-0.25, -0.2) is 8.42 Å². The van der Waals surface area contributed by atoms with Gasteiger partial charge in [0.25, 0.3) is 15.9 Å². The topological polar surface area (TPSA) is 105 Å². The predicted molar refractivity (Wildman–Crippen MR) is 116 cm³/mol. The van der Waals surface area contributed by atoms with Crippen LogP contribution >= 0.6 is 11.6 Å². The average molecular weight is 447 g/mol. The molecular weight excluding hydrogens is 428 g/mol. The quantitative estimate of drug-likeness (QED) is 0.472. The predicted octanol–water partition coefficient (Wildman–Crippen LogP) is 4.17. The van der Waals surface area contributed by atoms with Crippen LogP contribution in [-0.4, -0.2) is 26.0 Å². The highest BCUT2D eigenvalue weighted by molar-refractivity contribution is 7.92. The lowest BCUT2D eigenvalue weighted by atomic mass is 10.2. The molecule has 0 saturated carbocycles. The number of rotatable bonds is 7. The number of aryl methyl sites for hydroxylation is 1. The van der Waals surface area contributed by atoms with Gasteiger partial charge in [0.2, 0.25) is 0 Å². The summed E-state index contributed by atoms with van der Waals surface area (Å²) in [6.07, 6.45) is 0. The first-order chi connectivity index (χ1) is 14.2. The lowest BCUT2D eigenvalue weighted by Crippen LogP contribution is -2.20. The average Bonchev–Trinajstić information content (AvgIpc) is 2.68. The first-order valence-electron chi connectivity index (χ1n) is 8.84. The molecule has 0 aliphatic carbocycles. The van der Waals surface area contributed by atoms with Crippen molar-refractivity contribution < 1.29 is 23.1 Å². The second-order valence-electron chi connectivity index (χ2n) is 6.45. The van der Waals surface area contributed by atoms with Gasteiger partial charge < -0.3 is 15.2 Å². The van der Waals surface area contributed by atoms with Crippen LogP contribution in [0.1, 0.15) is 5.56 Å². The van der Waals surface area contributed by atoms with Crippen molar-refractivity contribution in [1.29, 1.82) is 0 Å². The fraction of sp³-hybridized carbons (Fsp3) is 0.0952. The summed E-state index contributed by atoms with van der Waals surface area (Å²) in [6.45, 7) is 1.59. The van der Waals surface area contributed by atoms with Crippen LogP contribution in [0.25, 0.3) is 0 Å². The van der Waals surface area contributed by atoms with Crippen molar-refractivity contribution in [3.63, 3.8) is 0 Å². The minimum Gasteiger partial charge on any atom is -0.506 e. The zero-order valence-electron chi connectivity index (χ0n) is 15.9. The molecule has 0 fully saturated rings. The van der Waals surface area contributed by atoms with Crippen molar-refractivity contribution in [1.82, 2.24) is 0 Å². The number of aromatic hydroxyl groups is 1. The van der Waals surface area contributed by atoms with Crippen LogP contribution in [-0.2, 0) is 14.8 Å². The molecule has 0 radical (unpaired) electrons. The molecule has 0 unspecified atom stereocenters. The van der Waals surface area contributed by atoms with Crippen molar-refractivity contribution in [3.8, 4) is 11.5 Å². The fourth-order valence-electron chi connectivity index (χ4n) is 2.59. The van der Waals surface area contributed by atoms with E-state index in [-0.39, 0.29) is 28.6 Å². The van der Waals surface area contributed by atoms with Crippen LogP contribution in [0.5, 0.6) is 11.5 Å². The molecule has 3 aromatic carbocycles. The number of benzene rings is 3. The molecule has 0 saturated heterocycles. The molecule has 156 valence electrons. The molecule has 0 aliphatic rings. The maximum Gasteiger partial charge on any atom is 0.262 e. The van der Waals surface area contributed by atoms with Crippen molar-refractivity contribution in [2.45, 2.75) is 11.8 Å². The van der Waals surface area contributed by atoms with Gasteiger partial charge in [0.1, 0.15) is 11.5 Å². The molecular formula is C21H19ClN2O5S. The van der Waals surface area contributed by atoms with E-state index < -0.39 is 15.9 Å². The van der Waals surface area contributed by atoms with Crippen LogP contribution in [0.15, 0.2) is 71.6 Å². The van der Waals surface area contributed by atoms with Gasteiger partial charge in [0, 0.05) is 5.02 Å². The molecule has 3 aromatic rings. The summed E-state index contributed by atoms with van der Waals surface area (Å²) < 4.78 is 33.1. The summed E-state index contributed by atoms with van der Waals surface area (Å²) >= 11 is 5.88. The Bertz CT molecular complexity index is 1180. The normalized spacial score (nSPS) is 11.0. The van der Waals surface area contributed by atoms with E-state index in [0.717, 1.165) is 11.6 Å². The van der Waals surface area contributed by atoms with Gasteiger partial charge >= 0.3 is 0 Å². The van der Waals surface area contributed by atoms with E-state index in [1.165, 1.54) is 18.2 Å². The third-order valence-corrected chi connectivity index (χ3v) is 5.60. The molecule has 3 rings (SSSR count). The van der Waals surface area contributed by atoms with Gasteiger partial charge in [0.05, 0.1) is 16.3 Å². The summed E-state index contributed by atoms with van der Waals surface area (Å²) in [5.74, 6) is -0.304. The van der Waals surface area contributed by atoms with E-state index in [4.69, 9.17) is 16.3 Å². The maximum atomic E-state index is 12.6. The van der Waals surface area contributed by atoms with Crippen LogP contribution < -0.4 is 14.8 Å². The summed E-state index contributed by atoms with van der Waals surface area (Å²) in [5.41, 5.74) is 1.21. The number of amides is 1. The van der Waals surface area contributed by atoms with Gasteiger partial charge in [-0.15, -0.1) is 0 Å². The molecule has 7 nitrogen and oxygen atoms in total. The second-order valence-corrected chi connectivity index (χ2v) is 8.57. The highest BCUT2D eigenvalue weighted by Gasteiger charge is 2.18. The Morgan fingerprint density at radius 2 is 1.83 bits per heavy atom. The lowest BCUT2D eigenvalue weighted by molar-refractivity contribution is -0.118. The summed E-state index contributed by atoms with van der Waals surface area (Å²) in [5, 5.41) is 12.8. The summed E-state index contributed by atoms with van der Waals surface area (Å²) in [6, 6.07) is 17.0. The van der Waals surface area contributed by atoms with Gasteiger partial charge in [-0.2, -0.15) is 0 Å². The Balaban J connectivity index is 1.71. The number of nitrogens with one attached hydrogen (secondary N) is 2. The van der Waals surface area contributed by atoms with Gasteiger partial charge in [-0.3, -0.25) is 9.52 Å². The molecule has 0 aromatic heterocycles. The van der Waals surface area contributed by atoms with Gasteiger partial charge in [0.15, 0.2) is 6.61 Å². The van der Waals surface area contributed by atoms with E-state index in [1.54, 1.807) is 36.4 Å². The van der Waals surface area contributed by atoms with Crippen molar-refractivity contribution >= 4 is 38.9 Å². The molecule has 30 heavy (non-hydrogen) atoms. The minimum absolute atomic E-state index is 0.0539. The molecule has 1 amide bonds. The Kier molecular flexibility index (Phi) is 6.49. The van der Waals surface area contributed by atoms with Gasteiger partial charge in [-0.1, -0.05) is 29.8 Å². The lowest BCUT2D eigenvalue weighted by Gasteiger charge is -2.12. The molecule has 0 heterocycles. The van der Waals surface area contributed by atoms with Crippen molar-refractivity contribution in [2.24, 2.45) is 0 Å². The molecule has 3 N–H and O–H groups in total. The number of sulfonamides is 1. The van der Waals surface area contributed by atoms with Gasteiger partial charge in [-0.05, 0) is 61.0 Å². The Hall–Kier alpha value is -3.23. The molecule has 0 bridgehead atoms. The highest BCUT2D eigenvalue weighted by Crippen LogP contribution is 2.28. The number of halogens is 1. The first-order valence-corrected chi connectivity index (χ1v) is 10.7. The Morgan fingerprint density at radius 3 is 2.57 bits per heavy atom. The Morgan fingerprint density at radius 1 is 1.07 bits per heavy atom. The zero-order chi connectivity index (χ0) is 21.7. The van der Waals surface area contributed by atoms with E-state index in [0.29, 0.717) is 10.8 Å². The van der Waals surface area contributed by atoms with Crippen molar-refractivity contribution in [3.05, 3.63) is 77.3 Å². The standard InChI is InChI=1S/C21H19ClN2O5S/c1-14-4-2-7-17(10-14)29-13-21(26)23-19-12-18(8-9-20(19)25)30(27,28)24-16-6-3-5-15(22)11-16/h2-12,24-25H,13H2,1H3,(H,23,26). The minimum atomic E-state index is -3.97. The van der Waals surface area contributed by atoms with E-state index in [1.807, 2.05) is 13.0 Å². The van der Waals surface area contributed by atoms with E-state index in [9.17, 15) is 18.3 Å². The number of carbonyl (C=O) groups excluding carboxylic acids is 1.